The van der Waals surface area contributed by atoms with Gasteiger partial charge in [0.05, 0.1) is 15.6 Å². The molecule has 0 heterocycles. The van der Waals surface area contributed by atoms with E-state index in [9.17, 15) is 13.2 Å². The molecule has 3 aromatic carbocycles. The van der Waals surface area contributed by atoms with E-state index in [0.29, 0.717) is 11.6 Å². The number of sulfonamides is 1. The highest BCUT2D eigenvalue weighted by atomic mass is 35.5. The van der Waals surface area contributed by atoms with Crippen molar-refractivity contribution in [3.8, 4) is 0 Å². The van der Waals surface area contributed by atoms with Gasteiger partial charge in [-0.05, 0) is 55.0 Å². The first-order valence-corrected chi connectivity index (χ1v) is 14.1. The molecule has 0 bridgehead atoms. The first-order chi connectivity index (χ1) is 16.3. The summed E-state index contributed by atoms with van der Waals surface area (Å²) in [6.45, 7) is 2.12. The van der Waals surface area contributed by atoms with Gasteiger partial charge in [-0.3, -0.25) is 9.10 Å². The Morgan fingerprint density at radius 3 is 2.38 bits per heavy atom. The molecule has 0 spiro atoms. The van der Waals surface area contributed by atoms with Crippen LogP contribution in [-0.4, -0.2) is 33.2 Å². The first kappa shape index (κ1) is 26.4. The lowest BCUT2D eigenvalue weighted by atomic mass is 10.2. The van der Waals surface area contributed by atoms with E-state index in [-0.39, 0.29) is 15.6 Å². The molecule has 0 atom stereocenters. The summed E-state index contributed by atoms with van der Waals surface area (Å²) in [4.78, 5) is 12.7. The summed E-state index contributed by atoms with van der Waals surface area (Å²) >= 11 is 14.1. The van der Waals surface area contributed by atoms with E-state index in [0.717, 1.165) is 22.2 Å². The average Bonchev–Trinajstić information content (AvgIpc) is 2.82. The van der Waals surface area contributed by atoms with E-state index in [1.54, 1.807) is 36.0 Å². The van der Waals surface area contributed by atoms with Gasteiger partial charge in [0, 0.05) is 17.3 Å². The lowest BCUT2D eigenvalue weighted by Crippen LogP contribution is -2.41. The smallest absolute Gasteiger partial charge is 0.264 e. The fourth-order valence-corrected chi connectivity index (χ4v) is 6.11. The van der Waals surface area contributed by atoms with Gasteiger partial charge < -0.3 is 5.32 Å². The third kappa shape index (κ3) is 7.40. The van der Waals surface area contributed by atoms with E-state index in [1.165, 1.54) is 35.4 Å². The molecule has 0 saturated carbocycles. The second-order valence-corrected chi connectivity index (χ2v) is 11.5. The Balaban J connectivity index is 1.60. The predicted octanol–water partition coefficient (Wildman–Crippen LogP) is 5.94. The van der Waals surface area contributed by atoms with Crippen molar-refractivity contribution < 1.29 is 13.2 Å². The number of nitrogens with one attached hydrogen (secondary N) is 1. The highest BCUT2D eigenvalue weighted by molar-refractivity contribution is 7.98. The maximum absolute atomic E-state index is 13.3. The molecule has 0 fully saturated rings. The third-order valence-electron chi connectivity index (χ3n) is 4.97. The number of halogens is 2. The maximum atomic E-state index is 13.3. The van der Waals surface area contributed by atoms with Crippen LogP contribution in [0.5, 0.6) is 0 Å². The summed E-state index contributed by atoms with van der Waals surface area (Å²) in [6, 6.07) is 20.9. The van der Waals surface area contributed by atoms with Crippen LogP contribution in [0.2, 0.25) is 10.0 Å². The zero-order chi connectivity index (χ0) is 24.6. The monoisotopic (exact) mass is 536 g/mol. The van der Waals surface area contributed by atoms with Crippen molar-refractivity contribution in [3.63, 3.8) is 0 Å². The molecule has 1 amide bonds. The largest absolute Gasteiger partial charge is 0.354 e. The highest BCUT2D eigenvalue weighted by Gasteiger charge is 2.28. The lowest BCUT2D eigenvalue weighted by molar-refractivity contribution is -0.119. The molecule has 180 valence electrons. The second-order valence-electron chi connectivity index (χ2n) is 7.66. The summed E-state index contributed by atoms with van der Waals surface area (Å²) in [6.07, 6.45) is 0.773. The zero-order valence-electron chi connectivity index (χ0n) is 18.7. The van der Waals surface area contributed by atoms with Gasteiger partial charge in [-0.25, -0.2) is 8.42 Å². The molecule has 0 aliphatic rings. The van der Waals surface area contributed by atoms with E-state index in [1.807, 2.05) is 0 Å². The number of nitrogens with zero attached hydrogens (tertiary/aromatic N) is 1. The molecule has 9 heteroatoms. The minimum absolute atomic E-state index is 0.0707. The Bertz CT molecular complexity index is 1200. The van der Waals surface area contributed by atoms with Crippen LogP contribution in [0.25, 0.3) is 0 Å². The molecule has 0 aliphatic heterocycles. The molecule has 0 aliphatic carbocycles. The number of thioether (sulfide) groups is 1. The Morgan fingerprint density at radius 1 is 1.00 bits per heavy atom. The molecule has 34 heavy (non-hydrogen) atoms. The molecular weight excluding hydrogens is 511 g/mol. The van der Waals surface area contributed by atoms with Crippen LogP contribution in [0.3, 0.4) is 0 Å². The van der Waals surface area contributed by atoms with Crippen LogP contribution in [0.1, 0.15) is 17.5 Å². The number of hydrogen-bond donors (Lipinski definition) is 1. The molecule has 5 nitrogen and oxygen atoms in total. The van der Waals surface area contributed by atoms with Crippen LogP contribution >= 0.6 is 35.0 Å². The summed E-state index contributed by atoms with van der Waals surface area (Å²) in [5, 5.41) is 3.34. The fraction of sp³-hybridized carbons (Fsp3) is 0.240. The van der Waals surface area contributed by atoms with Crippen LogP contribution in [0.15, 0.2) is 77.7 Å². The van der Waals surface area contributed by atoms with Crippen molar-refractivity contribution in [3.05, 3.63) is 94.0 Å². The molecule has 3 aromatic rings. The topological polar surface area (TPSA) is 66.5 Å². The predicted molar refractivity (Wildman–Crippen MR) is 142 cm³/mol. The number of anilines is 1. The van der Waals surface area contributed by atoms with E-state index in [4.69, 9.17) is 23.2 Å². The summed E-state index contributed by atoms with van der Waals surface area (Å²) in [5.41, 5.74) is 2.69. The molecule has 0 unspecified atom stereocenters. The van der Waals surface area contributed by atoms with Gasteiger partial charge in [0.25, 0.3) is 10.0 Å². The Morgan fingerprint density at radius 2 is 1.71 bits per heavy atom. The van der Waals surface area contributed by atoms with Gasteiger partial charge in [0.1, 0.15) is 6.54 Å². The van der Waals surface area contributed by atoms with Crippen molar-refractivity contribution in [1.82, 2.24) is 5.32 Å². The van der Waals surface area contributed by atoms with Crippen molar-refractivity contribution in [2.24, 2.45) is 0 Å². The zero-order valence-corrected chi connectivity index (χ0v) is 21.9. The second kappa shape index (κ2) is 12.5. The van der Waals surface area contributed by atoms with Gasteiger partial charge >= 0.3 is 0 Å². The van der Waals surface area contributed by atoms with Crippen molar-refractivity contribution >= 4 is 56.6 Å². The van der Waals surface area contributed by atoms with Gasteiger partial charge in [-0.2, -0.15) is 11.8 Å². The average molecular weight is 538 g/mol. The highest BCUT2D eigenvalue weighted by Crippen LogP contribution is 2.32. The van der Waals surface area contributed by atoms with Crippen molar-refractivity contribution in [2.75, 3.05) is 23.1 Å². The molecule has 3 rings (SSSR count). The van der Waals surface area contributed by atoms with Crippen LogP contribution in [-0.2, 0) is 20.6 Å². The summed E-state index contributed by atoms with van der Waals surface area (Å²) in [7, 11) is -4.02. The van der Waals surface area contributed by atoms with Crippen molar-refractivity contribution in [2.45, 2.75) is 24.0 Å². The maximum Gasteiger partial charge on any atom is 0.264 e. The Hall–Kier alpha value is -2.19. The summed E-state index contributed by atoms with van der Waals surface area (Å²) in [5.74, 6) is 1.38. The molecule has 0 saturated heterocycles. The number of aryl methyl sites for hydroxylation is 1. The van der Waals surface area contributed by atoms with Gasteiger partial charge in [-0.15, -0.1) is 0 Å². The molecule has 0 aromatic heterocycles. The number of carbonyl (C=O) groups excluding carboxylic acids is 1. The first-order valence-electron chi connectivity index (χ1n) is 10.7. The van der Waals surface area contributed by atoms with Gasteiger partial charge in [-0.1, -0.05) is 71.2 Å². The van der Waals surface area contributed by atoms with Crippen molar-refractivity contribution in [1.29, 1.82) is 0 Å². The molecule has 1 N–H and O–H groups in total. The third-order valence-corrected chi connectivity index (χ3v) is 8.40. The minimum atomic E-state index is -4.02. The number of rotatable bonds is 11. The number of amides is 1. The van der Waals surface area contributed by atoms with E-state index >= 15 is 0 Å². The summed E-state index contributed by atoms with van der Waals surface area (Å²) < 4.78 is 27.7. The molecule has 0 radical (unpaired) electrons. The van der Waals surface area contributed by atoms with Gasteiger partial charge in [0.2, 0.25) is 5.91 Å². The van der Waals surface area contributed by atoms with E-state index in [2.05, 4.69) is 36.5 Å². The standard InChI is InChI=1S/C25H26Cl2N2O3S2/c1-19-8-10-20(11-9-19)18-33-15-5-14-28-25(30)17-29(24-13-12-21(26)16-23(24)27)34(31,32)22-6-3-2-4-7-22/h2-4,6-13,16H,5,14-15,17-18H2,1H3,(H,28,30). The normalized spacial score (nSPS) is 11.3. The van der Waals surface area contributed by atoms with Crippen LogP contribution in [0, 0.1) is 6.92 Å². The Kier molecular flexibility index (Phi) is 9.71. The fourth-order valence-electron chi connectivity index (χ4n) is 3.17. The minimum Gasteiger partial charge on any atom is -0.354 e. The molecular formula is C25H26Cl2N2O3S2. The lowest BCUT2D eigenvalue weighted by Gasteiger charge is -2.25. The number of benzene rings is 3. The van der Waals surface area contributed by atoms with E-state index < -0.39 is 22.5 Å². The number of carbonyl (C=O) groups is 1. The van der Waals surface area contributed by atoms with Crippen LogP contribution in [0.4, 0.5) is 5.69 Å². The van der Waals surface area contributed by atoms with Crippen LogP contribution < -0.4 is 9.62 Å². The Labute approximate surface area is 215 Å². The van der Waals surface area contributed by atoms with Gasteiger partial charge in [0.15, 0.2) is 0 Å². The number of hydrogen-bond acceptors (Lipinski definition) is 4. The SMILES string of the molecule is Cc1ccc(CSCCCNC(=O)CN(c2ccc(Cl)cc2Cl)S(=O)(=O)c2ccccc2)cc1. The quantitative estimate of drug-likeness (QED) is 0.308.